The minimum absolute atomic E-state index is 0.0233. The largest absolute Gasteiger partial charge is 0.493 e. The smallest absolute Gasteiger partial charge is 0.409 e. The summed E-state index contributed by atoms with van der Waals surface area (Å²) in [6.07, 6.45) is 1.23. The molecule has 0 aliphatic carbocycles. The monoisotopic (exact) mass is 408 g/mol. The Bertz CT molecular complexity index is 702. The van der Waals surface area contributed by atoms with Gasteiger partial charge in [-0.25, -0.2) is 4.79 Å². The van der Waals surface area contributed by atoms with Crippen molar-refractivity contribution in [3.8, 4) is 11.5 Å². The first-order chi connectivity index (χ1) is 13.9. The highest BCUT2D eigenvalue weighted by Gasteiger charge is 2.25. The van der Waals surface area contributed by atoms with Crippen molar-refractivity contribution in [2.75, 3.05) is 47.5 Å². The second-order valence-corrected chi connectivity index (χ2v) is 7.47. The lowest BCUT2D eigenvalue weighted by Gasteiger charge is -2.31. The highest BCUT2D eigenvalue weighted by molar-refractivity contribution is 5.77. The number of rotatable bonds is 8. The summed E-state index contributed by atoms with van der Waals surface area (Å²) >= 11 is 0. The molecule has 0 radical (unpaired) electrons. The van der Waals surface area contributed by atoms with Crippen molar-refractivity contribution in [3.05, 3.63) is 23.3 Å². The molecule has 1 aliphatic rings. The Morgan fingerprint density at radius 3 is 2.38 bits per heavy atom. The number of aryl methyl sites for hydroxylation is 1. The summed E-state index contributed by atoms with van der Waals surface area (Å²) in [6, 6.07) is 4.03. The number of piperidine rings is 1. The molecule has 29 heavy (non-hydrogen) atoms. The average molecular weight is 409 g/mol. The number of quaternary nitrogens is 1. The number of carbonyl (C=O) groups excluding carboxylic acids is 2. The zero-order chi connectivity index (χ0) is 21.4. The summed E-state index contributed by atoms with van der Waals surface area (Å²) in [6.45, 7) is 6.51. The first-order valence-electron chi connectivity index (χ1n) is 10.1. The van der Waals surface area contributed by atoms with E-state index in [1.54, 1.807) is 26.0 Å². The fraction of sp³-hybridized carbons (Fsp3) is 0.619. The molecular formula is C21H34N3O5+. The second kappa shape index (κ2) is 10.9. The maximum Gasteiger partial charge on any atom is 0.409 e. The quantitative estimate of drug-likeness (QED) is 0.664. The number of likely N-dealkylation sites (tertiary alicyclic amines) is 1. The highest BCUT2D eigenvalue weighted by atomic mass is 16.6. The molecule has 8 heteroatoms. The Morgan fingerprint density at radius 1 is 1.17 bits per heavy atom. The van der Waals surface area contributed by atoms with Gasteiger partial charge in [-0.05, 0) is 44.4 Å². The van der Waals surface area contributed by atoms with Crippen LogP contribution >= 0.6 is 0 Å². The lowest BCUT2D eigenvalue weighted by Crippen LogP contribution is -3.09. The van der Waals surface area contributed by atoms with Crippen molar-refractivity contribution in [2.24, 2.45) is 0 Å². The fourth-order valence-electron chi connectivity index (χ4n) is 3.57. The van der Waals surface area contributed by atoms with Crippen molar-refractivity contribution in [1.82, 2.24) is 10.2 Å². The average Bonchev–Trinajstić information content (AvgIpc) is 2.69. The molecular weight excluding hydrogens is 374 g/mol. The normalized spacial score (nSPS) is 15.6. The number of likely N-dealkylation sites (N-methyl/N-ethyl adjacent to an activating group) is 1. The highest BCUT2D eigenvalue weighted by Crippen LogP contribution is 2.29. The topological polar surface area (TPSA) is 81.5 Å². The van der Waals surface area contributed by atoms with Crippen LogP contribution in [0.3, 0.4) is 0 Å². The Hall–Kier alpha value is -2.48. The molecule has 0 spiro atoms. The Morgan fingerprint density at radius 2 is 1.79 bits per heavy atom. The minimum atomic E-state index is -0.272. The zero-order valence-electron chi connectivity index (χ0n) is 18.2. The molecule has 1 aliphatic heterocycles. The minimum Gasteiger partial charge on any atom is -0.493 e. The molecule has 2 amide bonds. The van der Waals surface area contributed by atoms with Gasteiger partial charge in [-0.1, -0.05) is 0 Å². The van der Waals surface area contributed by atoms with E-state index in [1.165, 1.54) is 0 Å². The fourth-order valence-corrected chi connectivity index (χ4v) is 3.57. The maximum absolute atomic E-state index is 12.5. The number of amides is 2. The van der Waals surface area contributed by atoms with Crippen LogP contribution in [0.25, 0.3) is 0 Å². The van der Waals surface area contributed by atoms with Crippen LogP contribution < -0.4 is 19.7 Å². The molecule has 1 aromatic rings. The van der Waals surface area contributed by atoms with Gasteiger partial charge in [-0.3, -0.25) is 4.79 Å². The molecule has 162 valence electrons. The number of hydrogen-bond donors (Lipinski definition) is 2. The van der Waals surface area contributed by atoms with Gasteiger partial charge in [0.05, 0.1) is 27.9 Å². The lowest BCUT2D eigenvalue weighted by atomic mass is 10.1. The summed E-state index contributed by atoms with van der Waals surface area (Å²) in [7, 11) is 5.24. The SMILES string of the molecule is CCOC(=O)N1CCC(NC(=O)C[NH+](C)Cc2cc(OC)c(OC)cc2C)CC1. The molecule has 1 unspecified atom stereocenters. The van der Waals surface area contributed by atoms with Crippen LogP contribution in [0.4, 0.5) is 4.79 Å². The molecule has 0 bridgehead atoms. The number of nitrogens with one attached hydrogen (secondary N) is 2. The predicted octanol–water partition coefficient (Wildman–Crippen LogP) is 0.764. The number of benzene rings is 1. The van der Waals surface area contributed by atoms with E-state index in [2.05, 4.69) is 5.32 Å². The van der Waals surface area contributed by atoms with E-state index < -0.39 is 0 Å². The van der Waals surface area contributed by atoms with Gasteiger partial charge in [0.15, 0.2) is 18.0 Å². The van der Waals surface area contributed by atoms with E-state index >= 15 is 0 Å². The van der Waals surface area contributed by atoms with Gasteiger partial charge in [-0.15, -0.1) is 0 Å². The van der Waals surface area contributed by atoms with Crippen molar-refractivity contribution >= 4 is 12.0 Å². The third-order valence-corrected chi connectivity index (χ3v) is 5.18. The Balaban J connectivity index is 1.82. The summed E-state index contributed by atoms with van der Waals surface area (Å²) in [4.78, 5) is 27.0. The van der Waals surface area contributed by atoms with Crippen molar-refractivity contribution in [1.29, 1.82) is 0 Å². The van der Waals surface area contributed by atoms with Gasteiger partial charge in [0, 0.05) is 24.7 Å². The molecule has 1 fully saturated rings. The number of carbonyl (C=O) groups is 2. The predicted molar refractivity (Wildman–Crippen MR) is 110 cm³/mol. The number of hydrogen-bond acceptors (Lipinski definition) is 5. The Kier molecular flexibility index (Phi) is 8.57. The Labute approximate surface area is 173 Å². The van der Waals surface area contributed by atoms with Gasteiger partial charge in [0.2, 0.25) is 0 Å². The molecule has 1 heterocycles. The van der Waals surface area contributed by atoms with Gasteiger partial charge in [0.1, 0.15) is 6.54 Å². The first-order valence-corrected chi connectivity index (χ1v) is 10.1. The third-order valence-electron chi connectivity index (χ3n) is 5.18. The van der Waals surface area contributed by atoms with Gasteiger partial charge < -0.3 is 29.3 Å². The van der Waals surface area contributed by atoms with E-state index in [-0.39, 0.29) is 18.0 Å². The van der Waals surface area contributed by atoms with Crippen LogP contribution in [0.2, 0.25) is 0 Å². The third kappa shape index (κ3) is 6.52. The van der Waals surface area contributed by atoms with Gasteiger partial charge in [-0.2, -0.15) is 0 Å². The van der Waals surface area contributed by atoms with E-state index in [9.17, 15) is 9.59 Å². The van der Waals surface area contributed by atoms with Crippen LogP contribution in [0.15, 0.2) is 12.1 Å². The maximum atomic E-state index is 12.5. The summed E-state index contributed by atoms with van der Waals surface area (Å²) in [5.74, 6) is 1.42. The van der Waals surface area contributed by atoms with E-state index in [0.29, 0.717) is 44.3 Å². The molecule has 2 N–H and O–H groups in total. The molecule has 1 atom stereocenters. The number of methoxy groups -OCH3 is 2. The van der Waals surface area contributed by atoms with E-state index in [4.69, 9.17) is 14.2 Å². The van der Waals surface area contributed by atoms with Crippen LogP contribution in [0.5, 0.6) is 11.5 Å². The summed E-state index contributed by atoms with van der Waals surface area (Å²) in [5, 5.41) is 3.10. The van der Waals surface area contributed by atoms with Crippen molar-refractivity contribution < 1.29 is 28.7 Å². The van der Waals surface area contributed by atoms with Gasteiger partial charge in [0.25, 0.3) is 5.91 Å². The number of nitrogens with zero attached hydrogens (tertiary/aromatic N) is 1. The zero-order valence-corrected chi connectivity index (χ0v) is 18.2. The van der Waals surface area contributed by atoms with Crippen LogP contribution in [0, 0.1) is 6.92 Å². The summed E-state index contributed by atoms with van der Waals surface area (Å²) in [5.41, 5.74) is 2.23. The molecule has 0 aromatic heterocycles. The van der Waals surface area contributed by atoms with Crippen LogP contribution in [0.1, 0.15) is 30.9 Å². The summed E-state index contributed by atoms with van der Waals surface area (Å²) < 4.78 is 15.7. The molecule has 8 nitrogen and oxygen atoms in total. The standard InChI is InChI=1S/C21H33N3O5/c1-6-29-21(26)24-9-7-17(8-10-24)22-20(25)14-23(3)13-16-12-19(28-5)18(27-4)11-15(16)2/h11-12,17H,6-10,13-14H2,1-5H3,(H,22,25)/p+1. The molecule has 1 saturated heterocycles. The number of ether oxygens (including phenoxy) is 3. The van der Waals surface area contributed by atoms with E-state index in [1.807, 2.05) is 26.1 Å². The van der Waals surface area contributed by atoms with Crippen LogP contribution in [-0.2, 0) is 16.1 Å². The van der Waals surface area contributed by atoms with Gasteiger partial charge >= 0.3 is 6.09 Å². The molecule has 0 saturated carbocycles. The van der Waals surface area contributed by atoms with Crippen molar-refractivity contribution in [2.45, 2.75) is 39.3 Å². The molecule has 2 rings (SSSR count). The lowest BCUT2D eigenvalue weighted by molar-refractivity contribution is -0.885. The molecule has 1 aromatic carbocycles. The van der Waals surface area contributed by atoms with E-state index in [0.717, 1.165) is 28.9 Å². The van der Waals surface area contributed by atoms with Crippen molar-refractivity contribution in [3.63, 3.8) is 0 Å². The van der Waals surface area contributed by atoms with Crippen LogP contribution in [-0.4, -0.2) is 70.5 Å². The second-order valence-electron chi connectivity index (χ2n) is 7.47. The first kappa shape index (κ1) is 22.8.